The Morgan fingerprint density at radius 2 is 0.464 bits per heavy atom. The molecule has 0 aliphatic carbocycles. The van der Waals surface area contributed by atoms with E-state index in [1.165, 1.54) is 42.4 Å². The van der Waals surface area contributed by atoms with Gasteiger partial charge in [0.15, 0.2) is 0 Å². The molecule has 9 aromatic carbocycles. The number of halogens is 5. The standard InChI is InChI=1S/C60H52Cl4P4.ClH/c61-57-55(45-67(51-33-17-5-18-34-51,52-35-19-6-20-36-52)43-41-65(47-25-9-1-10-26-47)48-27-11-2-12-28-48)58(62)60(64)56(59(57)63)46-68(53-37-21-7-22-38-53,54-39-23-8-24-40-54)44-42-66(49-29-13-3-14-30-49)50-31-15-4-16-32-50;/h1-40H,41-46H2;1H/q+2;/p-1. The zero-order valence-corrected chi connectivity index (χ0v) is 45.4. The molecular formula is C60H52Cl5P4+. The van der Waals surface area contributed by atoms with Crippen molar-refractivity contribution in [2.45, 2.75) is 12.3 Å². The van der Waals surface area contributed by atoms with Gasteiger partial charge in [-0.25, -0.2) is 0 Å². The van der Waals surface area contributed by atoms with Gasteiger partial charge < -0.3 is 12.4 Å². The van der Waals surface area contributed by atoms with Gasteiger partial charge in [-0.05, 0) is 85.6 Å². The highest BCUT2D eigenvalue weighted by Crippen LogP contribution is 2.65. The normalized spacial score (nSPS) is 11.7. The second-order valence-electron chi connectivity index (χ2n) is 16.9. The van der Waals surface area contributed by atoms with Crippen molar-refractivity contribution in [3.8, 4) is 0 Å². The van der Waals surface area contributed by atoms with Gasteiger partial charge in [-0.2, -0.15) is 0 Å². The number of hydrogen-bond donors (Lipinski definition) is 0. The molecule has 0 unspecified atom stereocenters. The second kappa shape index (κ2) is 24.5. The van der Waals surface area contributed by atoms with Gasteiger partial charge in [0.05, 0.1) is 80.5 Å². The minimum atomic E-state index is -2.30. The summed E-state index contributed by atoms with van der Waals surface area (Å²) in [4.78, 5) is 0. The van der Waals surface area contributed by atoms with E-state index in [0.29, 0.717) is 32.4 Å². The van der Waals surface area contributed by atoms with Crippen LogP contribution in [0.1, 0.15) is 11.1 Å². The number of hydrogen-bond acceptors (Lipinski definition) is 0. The van der Waals surface area contributed by atoms with Crippen molar-refractivity contribution in [1.29, 1.82) is 0 Å². The van der Waals surface area contributed by atoms with Crippen LogP contribution < -0.4 is 54.8 Å². The first kappa shape index (κ1) is 51.5. The molecule has 0 saturated carbocycles. The highest BCUT2D eigenvalue weighted by molar-refractivity contribution is 7.90. The highest BCUT2D eigenvalue weighted by Gasteiger charge is 2.48. The minimum Gasteiger partial charge on any atom is -1.00 e. The van der Waals surface area contributed by atoms with Gasteiger partial charge in [0.2, 0.25) is 0 Å². The molecule has 9 heteroatoms. The van der Waals surface area contributed by atoms with Gasteiger partial charge in [0, 0.05) is 23.5 Å². The van der Waals surface area contributed by atoms with E-state index < -0.39 is 30.4 Å². The van der Waals surface area contributed by atoms with Crippen LogP contribution in [-0.2, 0) is 12.3 Å². The van der Waals surface area contributed by atoms with Crippen molar-refractivity contribution in [2.75, 3.05) is 24.6 Å². The fraction of sp³-hybridized carbons (Fsp3) is 0.100. The molecule has 0 radical (unpaired) electrons. The van der Waals surface area contributed by atoms with Gasteiger partial charge in [0.1, 0.15) is 0 Å². The van der Waals surface area contributed by atoms with E-state index in [1.54, 1.807) is 0 Å². The third-order valence-electron chi connectivity index (χ3n) is 13.0. The zero-order valence-electron chi connectivity index (χ0n) is 38.0. The molecular weight excluding hydrogens is 1020 g/mol. The van der Waals surface area contributed by atoms with Gasteiger partial charge in [-0.15, -0.1) is 0 Å². The van der Waals surface area contributed by atoms with Crippen LogP contribution in [-0.4, -0.2) is 24.6 Å². The molecule has 0 amide bonds. The van der Waals surface area contributed by atoms with Crippen molar-refractivity contribution in [1.82, 2.24) is 0 Å². The number of benzene rings is 9. The third kappa shape index (κ3) is 11.6. The summed E-state index contributed by atoms with van der Waals surface area (Å²) in [6.45, 7) is 0. The van der Waals surface area contributed by atoms with Crippen molar-refractivity contribution >= 4 is 119 Å². The van der Waals surface area contributed by atoms with Crippen LogP contribution in [0.2, 0.25) is 20.1 Å². The monoisotopic (exact) mass is 1070 g/mol. The van der Waals surface area contributed by atoms with Gasteiger partial charge in [0.25, 0.3) is 0 Å². The highest BCUT2D eigenvalue weighted by atomic mass is 35.5. The summed E-state index contributed by atoms with van der Waals surface area (Å²) in [5.74, 6) is 0. The van der Waals surface area contributed by atoms with E-state index in [1.807, 2.05) is 0 Å². The lowest BCUT2D eigenvalue weighted by atomic mass is 10.1. The molecule has 9 rings (SSSR count). The first-order chi connectivity index (χ1) is 33.4. The molecule has 0 aliphatic rings. The third-order valence-corrected chi connectivity index (χ3v) is 29.4. The summed E-state index contributed by atoms with van der Waals surface area (Å²) in [6.07, 6.45) is 5.05. The fourth-order valence-electron chi connectivity index (χ4n) is 9.52. The van der Waals surface area contributed by atoms with Crippen LogP contribution in [0.4, 0.5) is 0 Å². The average Bonchev–Trinajstić information content (AvgIpc) is 3.42. The van der Waals surface area contributed by atoms with Gasteiger partial charge in [-0.3, -0.25) is 0 Å². The van der Waals surface area contributed by atoms with E-state index in [-0.39, 0.29) is 12.4 Å². The average molecular weight is 1070 g/mol. The van der Waals surface area contributed by atoms with Crippen LogP contribution in [0.25, 0.3) is 0 Å². The van der Waals surface area contributed by atoms with Gasteiger partial charge >= 0.3 is 0 Å². The molecule has 0 bridgehead atoms. The topological polar surface area (TPSA) is 0 Å². The lowest BCUT2D eigenvalue weighted by Crippen LogP contribution is -3.00. The summed E-state index contributed by atoms with van der Waals surface area (Å²) in [5, 5.41) is 12.7. The van der Waals surface area contributed by atoms with Crippen LogP contribution >= 0.6 is 76.8 Å². The van der Waals surface area contributed by atoms with E-state index in [4.69, 9.17) is 46.4 Å². The van der Waals surface area contributed by atoms with Crippen molar-refractivity contribution in [3.05, 3.63) is 274 Å². The van der Waals surface area contributed by atoms with Crippen molar-refractivity contribution in [2.24, 2.45) is 0 Å². The molecule has 0 fully saturated rings. The van der Waals surface area contributed by atoms with Crippen molar-refractivity contribution in [3.63, 3.8) is 0 Å². The largest absolute Gasteiger partial charge is 1.00 e. The Kier molecular flexibility index (Phi) is 18.3. The fourth-order valence-corrected chi connectivity index (χ4v) is 26.5. The molecule has 346 valence electrons. The maximum atomic E-state index is 7.78. The predicted octanol–water partition coefficient (Wildman–Crippen LogP) is 11.9. The molecule has 9 aromatic rings. The molecule has 0 aromatic heterocycles. The minimum absolute atomic E-state index is 0. The summed E-state index contributed by atoms with van der Waals surface area (Å²) < 4.78 is 0. The SMILES string of the molecule is Clc1c(Cl)c(C[P+](CCP(c2ccccc2)c2ccccc2)(c2ccccc2)c2ccccc2)c(Cl)c(Cl)c1C[P+](CCP(c1ccccc1)c1ccccc1)(c1ccccc1)c1ccccc1.[Cl-]. The Balaban J connectivity index is 0.00000642. The smallest absolute Gasteiger partial charge is 0.0995 e. The quantitative estimate of drug-likeness (QED) is 0.0593. The molecule has 0 saturated heterocycles. The Morgan fingerprint density at radius 1 is 0.275 bits per heavy atom. The van der Waals surface area contributed by atoms with E-state index in [2.05, 4.69) is 243 Å². The summed E-state index contributed by atoms with van der Waals surface area (Å²) >= 11 is 31.1. The van der Waals surface area contributed by atoms with Crippen LogP contribution in [0, 0.1) is 0 Å². The molecule has 0 atom stereocenters. The maximum absolute atomic E-state index is 7.78. The summed E-state index contributed by atoms with van der Waals surface area (Å²) in [6, 6.07) is 88.1. The Labute approximate surface area is 439 Å². The van der Waals surface area contributed by atoms with Crippen LogP contribution in [0.3, 0.4) is 0 Å². The van der Waals surface area contributed by atoms with E-state index in [0.717, 1.165) is 35.8 Å². The first-order valence-corrected chi connectivity index (χ1v) is 31.8. The Morgan fingerprint density at radius 3 is 0.667 bits per heavy atom. The molecule has 0 heterocycles. The van der Waals surface area contributed by atoms with E-state index in [9.17, 15) is 0 Å². The van der Waals surface area contributed by atoms with Gasteiger partial charge in [-0.1, -0.05) is 241 Å². The first-order valence-electron chi connectivity index (χ1n) is 22.9. The molecule has 0 N–H and O–H groups in total. The zero-order chi connectivity index (χ0) is 46.8. The van der Waals surface area contributed by atoms with Crippen molar-refractivity contribution < 1.29 is 12.4 Å². The summed E-state index contributed by atoms with van der Waals surface area (Å²) in [5.41, 5.74) is 1.63. The Bertz CT molecular complexity index is 2600. The van der Waals surface area contributed by atoms with E-state index >= 15 is 0 Å². The Hall–Kier alpha value is -3.85. The molecule has 0 nitrogen and oxygen atoms in total. The predicted molar refractivity (Wildman–Crippen MR) is 310 cm³/mol. The second-order valence-corrected chi connectivity index (χ2v) is 30.5. The maximum Gasteiger partial charge on any atom is 0.0995 e. The summed E-state index contributed by atoms with van der Waals surface area (Å²) in [7, 11) is -5.98. The molecule has 0 spiro atoms. The lowest BCUT2D eigenvalue weighted by molar-refractivity contribution is -0.0000126. The molecule has 0 aliphatic heterocycles. The molecule has 69 heavy (non-hydrogen) atoms. The van der Waals surface area contributed by atoms with Crippen LogP contribution in [0.15, 0.2) is 243 Å². The number of rotatable bonds is 18. The lowest BCUT2D eigenvalue weighted by Gasteiger charge is -2.32. The van der Waals surface area contributed by atoms with Crippen LogP contribution in [0.5, 0.6) is 0 Å².